The second-order valence-electron chi connectivity index (χ2n) is 3.22. The molecule has 12 heavy (non-hydrogen) atoms. The molecule has 72 valence electrons. The molecule has 0 heterocycles. The Labute approximate surface area is 74.7 Å². The first-order chi connectivity index (χ1) is 5.61. The van der Waals surface area contributed by atoms with Crippen molar-refractivity contribution in [1.82, 2.24) is 5.32 Å². The van der Waals surface area contributed by atoms with Gasteiger partial charge < -0.3 is 11.1 Å². The Balaban J connectivity index is 3.56. The molecule has 2 atom stereocenters. The van der Waals surface area contributed by atoms with Gasteiger partial charge in [0.05, 0.1) is 0 Å². The van der Waals surface area contributed by atoms with Gasteiger partial charge in [0.25, 0.3) is 0 Å². The topological polar surface area (TPSA) is 55.1 Å². The number of carbonyl (C=O) groups excluding carboxylic acids is 1. The van der Waals surface area contributed by atoms with Gasteiger partial charge in [-0.3, -0.25) is 4.79 Å². The molecule has 0 saturated carbocycles. The number of carbonyl (C=O) groups is 1. The van der Waals surface area contributed by atoms with Crippen LogP contribution in [0.15, 0.2) is 0 Å². The Morgan fingerprint density at radius 1 is 1.42 bits per heavy atom. The van der Waals surface area contributed by atoms with Crippen LogP contribution in [0.5, 0.6) is 0 Å². The molecule has 0 aliphatic carbocycles. The summed E-state index contributed by atoms with van der Waals surface area (Å²) in [5.74, 6) is 0.218. The highest BCUT2D eigenvalue weighted by Crippen LogP contribution is 1.99. The molecule has 3 N–H and O–H groups in total. The van der Waals surface area contributed by atoms with Gasteiger partial charge in [0.1, 0.15) is 0 Å². The van der Waals surface area contributed by atoms with Crippen LogP contribution < -0.4 is 11.1 Å². The van der Waals surface area contributed by atoms with Crippen LogP contribution in [0.4, 0.5) is 0 Å². The minimum Gasteiger partial charge on any atom is -0.354 e. The summed E-state index contributed by atoms with van der Waals surface area (Å²) in [6.45, 7) is 6.54. The molecular weight excluding hydrogens is 152 g/mol. The molecule has 2 unspecified atom stereocenters. The van der Waals surface area contributed by atoms with E-state index in [4.69, 9.17) is 5.73 Å². The van der Waals surface area contributed by atoms with E-state index >= 15 is 0 Å². The quantitative estimate of drug-likeness (QED) is 0.647. The first kappa shape index (κ1) is 11.4. The molecule has 0 spiro atoms. The van der Waals surface area contributed by atoms with Crippen LogP contribution in [-0.2, 0) is 4.79 Å². The average Bonchev–Trinajstić information content (AvgIpc) is 2.11. The summed E-state index contributed by atoms with van der Waals surface area (Å²) in [7, 11) is 0. The normalized spacial score (nSPS) is 15.3. The molecule has 0 fully saturated rings. The first-order valence-corrected chi connectivity index (χ1v) is 4.65. The van der Waals surface area contributed by atoms with E-state index in [-0.39, 0.29) is 17.9 Å². The van der Waals surface area contributed by atoms with Crippen molar-refractivity contribution >= 4 is 5.91 Å². The lowest BCUT2D eigenvalue weighted by Gasteiger charge is -2.13. The van der Waals surface area contributed by atoms with E-state index in [9.17, 15) is 4.79 Å². The fourth-order valence-corrected chi connectivity index (χ4v) is 0.736. The fourth-order valence-electron chi connectivity index (χ4n) is 0.736. The average molecular weight is 172 g/mol. The highest BCUT2D eigenvalue weighted by atomic mass is 16.1. The number of rotatable bonds is 5. The summed E-state index contributed by atoms with van der Waals surface area (Å²) >= 11 is 0. The molecule has 0 aliphatic rings. The van der Waals surface area contributed by atoms with Crippen molar-refractivity contribution in [3.63, 3.8) is 0 Å². The molecule has 0 aromatic heterocycles. The van der Waals surface area contributed by atoms with Crippen molar-refractivity contribution in [2.45, 2.75) is 39.7 Å². The number of nitrogens with two attached hydrogens (primary N) is 1. The third kappa shape index (κ3) is 4.34. The largest absolute Gasteiger partial charge is 0.354 e. The van der Waals surface area contributed by atoms with Crippen LogP contribution in [0.25, 0.3) is 0 Å². The zero-order chi connectivity index (χ0) is 9.56. The monoisotopic (exact) mass is 172 g/mol. The summed E-state index contributed by atoms with van der Waals surface area (Å²) in [4.78, 5) is 11.2. The van der Waals surface area contributed by atoms with E-state index in [1.54, 1.807) is 0 Å². The van der Waals surface area contributed by atoms with Crippen LogP contribution in [0.2, 0.25) is 0 Å². The van der Waals surface area contributed by atoms with Crippen molar-refractivity contribution in [1.29, 1.82) is 0 Å². The predicted octanol–water partition coefficient (Wildman–Crippen LogP) is 0.886. The lowest BCUT2D eigenvalue weighted by atomic mass is 10.1. The SMILES string of the molecule is CCC(N)CNC(=O)C(C)CC. The Bertz CT molecular complexity index is 136. The first-order valence-electron chi connectivity index (χ1n) is 4.65. The van der Waals surface area contributed by atoms with E-state index < -0.39 is 0 Å². The fraction of sp³-hybridized carbons (Fsp3) is 0.889. The molecule has 0 bridgehead atoms. The maximum absolute atomic E-state index is 11.2. The number of nitrogens with one attached hydrogen (secondary N) is 1. The molecule has 0 saturated heterocycles. The molecule has 0 radical (unpaired) electrons. The minimum absolute atomic E-state index is 0.0954. The van der Waals surface area contributed by atoms with Crippen molar-refractivity contribution in [2.75, 3.05) is 6.54 Å². The van der Waals surface area contributed by atoms with Crippen LogP contribution >= 0.6 is 0 Å². The summed E-state index contributed by atoms with van der Waals surface area (Å²) < 4.78 is 0. The smallest absolute Gasteiger partial charge is 0.222 e. The summed E-state index contributed by atoms with van der Waals surface area (Å²) in [6, 6.07) is 0.0954. The van der Waals surface area contributed by atoms with Gasteiger partial charge in [-0.1, -0.05) is 20.8 Å². The Morgan fingerprint density at radius 2 is 2.00 bits per heavy atom. The van der Waals surface area contributed by atoms with Gasteiger partial charge in [0, 0.05) is 18.5 Å². The van der Waals surface area contributed by atoms with Gasteiger partial charge in [-0.2, -0.15) is 0 Å². The minimum atomic E-state index is 0.0954. The highest BCUT2D eigenvalue weighted by molar-refractivity contribution is 5.78. The highest BCUT2D eigenvalue weighted by Gasteiger charge is 2.10. The van der Waals surface area contributed by atoms with Gasteiger partial charge in [-0.05, 0) is 12.8 Å². The van der Waals surface area contributed by atoms with Crippen molar-refractivity contribution in [3.05, 3.63) is 0 Å². The molecule has 0 aromatic rings. The molecule has 0 aromatic carbocycles. The second kappa shape index (κ2) is 6.00. The van der Waals surface area contributed by atoms with Crippen LogP contribution in [0.1, 0.15) is 33.6 Å². The van der Waals surface area contributed by atoms with E-state index in [0.29, 0.717) is 6.54 Å². The third-order valence-corrected chi connectivity index (χ3v) is 2.12. The van der Waals surface area contributed by atoms with Gasteiger partial charge in [-0.15, -0.1) is 0 Å². The number of hydrogen-bond acceptors (Lipinski definition) is 2. The zero-order valence-electron chi connectivity index (χ0n) is 8.26. The Kier molecular flexibility index (Phi) is 5.72. The standard InChI is InChI=1S/C9H20N2O/c1-4-7(3)9(12)11-6-8(10)5-2/h7-8H,4-6,10H2,1-3H3,(H,11,12). The number of hydrogen-bond donors (Lipinski definition) is 2. The van der Waals surface area contributed by atoms with E-state index in [2.05, 4.69) is 5.32 Å². The Hall–Kier alpha value is -0.570. The van der Waals surface area contributed by atoms with Gasteiger partial charge in [0.15, 0.2) is 0 Å². The zero-order valence-corrected chi connectivity index (χ0v) is 8.26. The van der Waals surface area contributed by atoms with Crippen LogP contribution in [0.3, 0.4) is 0 Å². The van der Waals surface area contributed by atoms with E-state index in [1.807, 2.05) is 20.8 Å². The molecule has 3 heteroatoms. The molecule has 3 nitrogen and oxygen atoms in total. The van der Waals surface area contributed by atoms with Gasteiger partial charge in [0.2, 0.25) is 5.91 Å². The molecular formula is C9H20N2O. The maximum atomic E-state index is 11.2. The molecule has 0 aliphatic heterocycles. The third-order valence-electron chi connectivity index (χ3n) is 2.12. The lowest BCUT2D eigenvalue weighted by Crippen LogP contribution is -2.38. The van der Waals surface area contributed by atoms with E-state index in [1.165, 1.54) is 0 Å². The van der Waals surface area contributed by atoms with Crippen LogP contribution in [0, 0.1) is 5.92 Å². The maximum Gasteiger partial charge on any atom is 0.222 e. The summed E-state index contributed by atoms with van der Waals surface area (Å²) in [6.07, 6.45) is 1.79. The lowest BCUT2D eigenvalue weighted by molar-refractivity contribution is -0.124. The van der Waals surface area contributed by atoms with Gasteiger partial charge >= 0.3 is 0 Å². The van der Waals surface area contributed by atoms with E-state index in [0.717, 1.165) is 12.8 Å². The van der Waals surface area contributed by atoms with Gasteiger partial charge in [-0.25, -0.2) is 0 Å². The molecule has 1 amide bonds. The molecule has 0 rings (SSSR count). The summed E-state index contributed by atoms with van der Waals surface area (Å²) in [5.41, 5.74) is 5.65. The van der Waals surface area contributed by atoms with Crippen molar-refractivity contribution in [2.24, 2.45) is 11.7 Å². The second-order valence-corrected chi connectivity index (χ2v) is 3.22. The predicted molar refractivity (Wildman–Crippen MR) is 50.7 cm³/mol. The van der Waals surface area contributed by atoms with Crippen LogP contribution in [-0.4, -0.2) is 18.5 Å². The summed E-state index contributed by atoms with van der Waals surface area (Å²) in [5, 5.41) is 2.82. The Morgan fingerprint density at radius 3 is 2.42 bits per heavy atom. The van der Waals surface area contributed by atoms with Crippen molar-refractivity contribution < 1.29 is 4.79 Å². The van der Waals surface area contributed by atoms with Crippen molar-refractivity contribution in [3.8, 4) is 0 Å². The number of amides is 1.